The van der Waals surface area contributed by atoms with E-state index in [2.05, 4.69) is 10.0 Å². The molecule has 1 aliphatic rings. The average Bonchev–Trinajstić information content (AvgIpc) is 2.53. The summed E-state index contributed by atoms with van der Waals surface area (Å²) in [6, 6.07) is 1.60. The van der Waals surface area contributed by atoms with E-state index < -0.39 is 10.0 Å². The molecular weight excluding hydrogens is 292 g/mol. The molecule has 0 aliphatic carbocycles. The lowest BCUT2D eigenvalue weighted by molar-refractivity contribution is 0.522. The molecule has 0 bridgehead atoms. The number of nitrogens with one attached hydrogen (secondary N) is 2. The summed E-state index contributed by atoms with van der Waals surface area (Å²) >= 11 is 7.03. The lowest BCUT2D eigenvalue weighted by atomic mass is 10.2. The van der Waals surface area contributed by atoms with Crippen LogP contribution < -0.4 is 10.0 Å². The van der Waals surface area contributed by atoms with E-state index in [1.807, 2.05) is 6.92 Å². The van der Waals surface area contributed by atoms with E-state index in [1.54, 1.807) is 6.07 Å². The van der Waals surface area contributed by atoms with E-state index in [0.29, 0.717) is 15.1 Å². The van der Waals surface area contributed by atoms with E-state index in [0.717, 1.165) is 42.7 Å². The lowest BCUT2D eigenvalue weighted by Crippen LogP contribution is -2.40. The molecule has 7 heteroatoms. The predicted molar refractivity (Wildman–Crippen MR) is 74.9 cm³/mol. The molecule has 1 atom stereocenters. The molecule has 18 heavy (non-hydrogen) atoms. The molecule has 0 aromatic carbocycles. The van der Waals surface area contributed by atoms with Gasteiger partial charge in [0.05, 0.1) is 4.34 Å². The van der Waals surface area contributed by atoms with Crippen molar-refractivity contribution in [2.45, 2.75) is 36.4 Å². The number of hydrogen-bond donors (Lipinski definition) is 2. The lowest BCUT2D eigenvalue weighted by Gasteiger charge is -2.15. The fraction of sp³-hybridized carbons (Fsp3) is 0.636. The van der Waals surface area contributed by atoms with Gasteiger partial charge in [-0.25, -0.2) is 13.1 Å². The fourth-order valence-electron chi connectivity index (χ4n) is 1.96. The average molecular weight is 309 g/mol. The minimum absolute atomic E-state index is 0.0290. The van der Waals surface area contributed by atoms with Gasteiger partial charge in [-0.1, -0.05) is 18.0 Å². The molecule has 2 N–H and O–H groups in total. The van der Waals surface area contributed by atoms with Crippen molar-refractivity contribution in [3.05, 3.63) is 16.0 Å². The van der Waals surface area contributed by atoms with Crippen LogP contribution in [0.4, 0.5) is 0 Å². The van der Waals surface area contributed by atoms with Gasteiger partial charge in [-0.15, -0.1) is 11.3 Å². The fourth-order valence-corrected chi connectivity index (χ4v) is 4.96. The van der Waals surface area contributed by atoms with Gasteiger partial charge in [0.1, 0.15) is 4.21 Å². The van der Waals surface area contributed by atoms with Crippen LogP contribution >= 0.6 is 22.9 Å². The third kappa shape index (κ3) is 3.45. The zero-order chi connectivity index (χ0) is 13.2. The van der Waals surface area contributed by atoms with Crippen molar-refractivity contribution in [3.63, 3.8) is 0 Å². The van der Waals surface area contributed by atoms with Crippen molar-refractivity contribution >= 4 is 33.0 Å². The first kappa shape index (κ1) is 14.3. The van der Waals surface area contributed by atoms with Crippen LogP contribution in [0.1, 0.15) is 24.8 Å². The van der Waals surface area contributed by atoms with Crippen LogP contribution in [0.3, 0.4) is 0 Å². The first-order valence-electron chi connectivity index (χ1n) is 5.98. The van der Waals surface area contributed by atoms with Gasteiger partial charge in [0.2, 0.25) is 10.0 Å². The Balaban J connectivity index is 2.11. The van der Waals surface area contributed by atoms with Crippen LogP contribution in [-0.4, -0.2) is 27.5 Å². The summed E-state index contributed by atoms with van der Waals surface area (Å²) in [4.78, 5) is 0. The van der Waals surface area contributed by atoms with Crippen molar-refractivity contribution in [1.29, 1.82) is 0 Å². The number of hydrogen-bond acceptors (Lipinski definition) is 4. The number of rotatable bonds is 3. The Hall–Kier alpha value is -0.140. The third-order valence-corrected chi connectivity index (χ3v) is 6.52. The van der Waals surface area contributed by atoms with E-state index in [-0.39, 0.29) is 6.04 Å². The normalized spacial score (nSPS) is 21.8. The Labute approximate surface area is 117 Å². The van der Waals surface area contributed by atoms with E-state index in [4.69, 9.17) is 11.6 Å². The highest BCUT2D eigenvalue weighted by molar-refractivity contribution is 7.91. The van der Waals surface area contributed by atoms with Crippen molar-refractivity contribution in [2.75, 3.05) is 13.1 Å². The van der Waals surface area contributed by atoms with Gasteiger partial charge >= 0.3 is 0 Å². The minimum atomic E-state index is -3.43. The summed E-state index contributed by atoms with van der Waals surface area (Å²) < 4.78 is 28.0. The molecule has 0 radical (unpaired) electrons. The van der Waals surface area contributed by atoms with Gasteiger partial charge in [0, 0.05) is 12.6 Å². The highest BCUT2D eigenvalue weighted by atomic mass is 35.5. The predicted octanol–water partition coefficient (Wildman–Crippen LogP) is 2.13. The summed E-state index contributed by atoms with van der Waals surface area (Å²) in [5.41, 5.74) is 0.807. The summed E-state index contributed by atoms with van der Waals surface area (Å²) in [6.07, 6.45) is 3.02. The number of aryl methyl sites for hydroxylation is 1. The number of thiophene rings is 1. The molecule has 1 aromatic rings. The second-order valence-corrected chi connectivity index (χ2v) is 8.14. The van der Waals surface area contributed by atoms with Crippen molar-refractivity contribution < 1.29 is 8.42 Å². The first-order chi connectivity index (χ1) is 8.49. The highest BCUT2D eigenvalue weighted by Gasteiger charge is 2.23. The molecule has 1 saturated heterocycles. The first-order valence-corrected chi connectivity index (χ1v) is 8.66. The molecule has 0 amide bonds. The third-order valence-electron chi connectivity index (χ3n) is 2.97. The molecule has 1 unspecified atom stereocenters. The Morgan fingerprint density at radius 1 is 1.50 bits per heavy atom. The molecule has 0 saturated carbocycles. The van der Waals surface area contributed by atoms with Crippen LogP contribution in [-0.2, 0) is 10.0 Å². The Morgan fingerprint density at radius 2 is 2.28 bits per heavy atom. The van der Waals surface area contributed by atoms with Gasteiger partial charge < -0.3 is 5.32 Å². The summed E-state index contributed by atoms with van der Waals surface area (Å²) in [7, 11) is -3.43. The standard InChI is InChI=1S/C11H17ClN2O2S2/c1-8-6-10(17-11(8)12)18(15,16)14-9-4-2-3-5-13-7-9/h6,9,13-14H,2-5,7H2,1H3. The van der Waals surface area contributed by atoms with E-state index in [1.165, 1.54) is 0 Å². The van der Waals surface area contributed by atoms with Crippen LogP contribution in [0.15, 0.2) is 10.3 Å². The molecule has 0 spiro atoms. The molecule has 1 fully saturated rings. The van der Waals surface area contributed by atoms with Crippen LogP contribution in [0, 0.1) is 6.92 Å². The maximum atomic E-state index is 12.2. The Kier molecular flexibility index (Phi) is 4.66. The molecule has 1 aliphatic heterocycles. The Morgan fingerprint density at radius 3 is 2.94 bits per heavy atom. The molecule has 102 valence electrons. The van der Waals surface area contributed by atoms with Crippen molar-refractivity contribution in [2.24, 2.45) is 0 Å². The highest BCUT2D eigenvalue weighted by Crippen LogP contribution is 2.30. The summed E-state index contributed by atoms with van der Waals surface area (Å²) in [5.74, 6) is 0. The second kappa shape index (κ2) is 5.88. The smallest absolute Gasteiger partial charge is 0.250 e. The summed E-state index contributed by atoms with van der Waals surface area (Å²) in [6.45, 7) is 3.46. The molecular formula is C11H17ClN2O2S2. The van der Waals surface area contributed by atoms with E-state index in [9.17, 15) is 8.42 Å². The van der Waals surface area contributed by atoms with Gasteiger partial charge in [0.15, 0.2) is 0 Å². The quantitative estimate of drug-likeness (QED) is 0.899. The summed E-state index contributed by atoms with van der Waals surface area (Å²) in [5, 5.41) is 3.24. The van der Waals surface area contributed by atoms with Crippen LogP contribution in [0.5, 0.6) is 0 Å². The van der Waals surface area contributed by atoms with Crippen molar-refractivity contribution in [1.82, 2.24) is 10.0 Å². The van der Waals surface area contributed by atoms with Crippen LogP contribution in [0.25, 0.3) is 0 Å². The van der Waals surface area contributed by atoms with Crippen molar-refractivity contribution in [3.8, 4) is 0 Å². The molecule has 2 heterocycles. The van der Waals surface area contributed by atoms with Gasteiger partial charge in [-0.05, 0) is 37.9 Å². The number of sulfonamides is 1. The molecule has 4 nitrogen and oxygen atoms in total. The maximum Gasteiger partial charge on any atom is 0.250 e. The van der Waals surface area contributed by atoms with Gasteiger partial charge in [0.25, 0.3) is 0 Å². The Bertz CT molecular complexity index is 486. The zero-order valence-electron chi connectivity index (χ0n) is 10.2. The minimum Gasteiger partial charge on any atom is -0.315 e. The number of halogens is 1. The molecule has 2 rings (SSSR count). The van der Waals surface area contributed by atoms with E-state index >= 15 is 0 Å². The molecule has 1 aromatic heterocycles. The monoisotopic (exact) mass is 308 g/mol. The zero-order valence-corrected chi connectivity index (χ0v) is 12.6. The van der Waals surface area contributed by atoms with Gasteiger partial charge in [-0.2, -0.15) is 0 Å². The topological polar surface area (TPSA) is 58.2 Å². The SMILES string of the molecule is Cc1cc(S(=O)(=O)NC2CCCCNC2)sc1Cl. The maximum absolute atomic E-state index is 12.2. The van der Waals surface area contributed by atoms with Crippen LogP contribution in [0.2, 0.25) is 4.34 Å². The largest absolute Gasteiger partial charge is 0.315 e. The second-order valence-electron chi connectivity index (χ2n) is 4.54. The van der Waals surface area contributed by atoms with Gasteiger partial charge in [-0.3, -0.25) is 0 Å².